The molecule has 0 amide bonds. The van der Waals surface area contributed by atoms with Gasteiger partial charge in [-0.15, -0.1) is 0 Å². The summed E-state index contributed by atoms with van der Waals surface area (Å²) in [4.78, 5) is 45.1. The second kappa shape index (κ2) is 27.3. The van der Waals surface area contributed by atoms with E-state index in [0.717, 1.165) is 19.3 Å². The minimum absolute atomic E-state index is 0. The molecule has 0 fully saturated rings. The van der Waals surface area contributed by atoms with Gasteiger partial charge in [-0.2, -0.15) is 0 Å². The van der Waals surface area contributed by atoms with Crippen molar-refractivity contribution in [3.63, 3.8) is 0 Å². The Kier molecular flexibility index (Phi) is 30.2. The van der Waals surface area contributed by atoms with Gasteiger partial charge in [-0.3, -0.25) is 4.79 Å². The van der Waals surface area contributed by atoms with E-state index in [1.54, 1.807) is 6.92 Å². The van der Waals surface area contributed by atoms with Crippen LogP contribution in [0.1, 0.15) is 84.5 Å². The van der Waals surface area contributed by atoms with Gasteiger partial charge >= 0.3 is 71.1 Å². The molecule has 36 heavy (non-hydrogen) atoms. The summed E-state index contributed by atoms with van der Waals surface area (Å²) in [5.41, 5.74) is 0. The summed E-state index contributed by atoms with van der Waals surface area (Å²) in [7, 11) is -5.36. The minimum atomic E-state index is -5.36. The Labute approximate surface area is 259 Å². The first kappa shape index (κ1) is 39.8. The molecule has 0 aliphatic carbocycles. The average Bonchev–Trinajstić information content (AvgIpc) is 2.77. The Morgan fingerprint density at radius 2 is 1.28 bits per heavy atom. The van der Waals surface area contributed by atoms with Crippen molar-refractivity contribution in [2.45, 2.75) is 90.8 Å². The third kappa shape index (κ3) is 29.5. The topological polar surface area (TPSA) is 125 Å². The Bertz CT molecular complexity index is 917. The fraction of sp³-hybridized carbons (Fsp3) is 0.600. The van der Waals surface area contributed by atoms with E-state index >= 15 is 0 Å². The molecule has 8 nitrogen and oxygen atoms in total. The van der Waals surface area contributed by atoms with Gasteiger partial charge in [-0.1, -0.05) is 70.6 Å². The van der Waals surface area contributed by atoms with E-state index < -0.39 is 32.7 Å². The second-order valence-electron chi connectivity index (χ2n) is 7.12. The van der Waals surface area contributed by atoms with E-state index in [0.29, 0.717) is 6.42 Å². The van der Waals surface area contributed by atoms with E-state index in [9.17, 15) is 23.9 Å². The largest absolute Gasteiger partial charge is 1.00 e. The van der Waals surface area contributed by atoms with Gasteiger partial charge in [-0.05, 0) is 48.9 Å². The summed E-state index contributed by atoms with van der Waals surface area (Å²) in [6.45, 7) is 2.83. The number of phosphoric acid groups is 1. The number of rotatable bonds is 16. The van der Waals surface area contributed by atoms with Crippen LogP contribution in [0.15, 0.2) is 0 Å². The Morgan fingerprint density at radius 3 is 1.81 bits per heavy atom. The number of ether oxygens (including phenoxy) is 2. The fourth-order valence-electron chi connectivity index (χ4n) is 2.63. The van der Waals surface area contributed by atoms with Crippen LogP contribution in [0.25, 0.3) is 0 Å². The summed E-state index contributed by atoms with van der Waals surface area (Å²) in [6.07, 6.45) is 9.20. The zero-order chi connectivity index (χ0) is 25.5. The average molecular weight is 536 g/mol. The molecule has 0 unspecified atom stereocenters. The molecule has 0 rings (SSSR count). The second-order valence-corrected chi connectivity index (χ2v) is 8.28. The fourth-order valence-corrected chi connectivity index (χ4v) is 2.93. The summed E-state index contributed by atoms with van der Waals surface area (Å²) >= 11 is 0. The van der Waals surface area contributed by atoms with Crippen LogP contribution < -0.4 is 68.9 Å². The molecular formula is C25H31Na2O8P. The number of phosphoric ester groups is 1. The van der Waals surface area contributed by atoms with Gasteiger partial charge < -0.3 is 28.3 Å². The van der Waals surface area contributed by atoms with Crippen molar-refractivity contribution in [2.75, 3.05) is 6.61 Å². The number of hydrogen-bond acceptors (Lipinski definition) is 8. The monoisotopic (exact) mass is 536 g/mol. The van der Waals surface area contributed by atoms with Crippen LogP contribution >= 0.6 is 7.82 Å². The molecule has 0 aromatic heterocycles. The van der Waals surface area contributed by atoms with Gasteiger partial charge in [0.1, 0.15) is 6.61 Å². The maximum atomic E-state index is 12.0. The van der Waals surface area contributed by atoms with E-state index in [-0.39, 0.29) is 65.5 Å². The molecular weight excluding hydrogens is 505 g/mol. The molecule has 0 aromatic carbocycles. The molecule has 0 N–H and O–H groups in total. The van der Waals surface area contributed by atoms with Crippen LogP contribution in [0.5, 0.6) is 0 Å². The Hall–Kier alpha value is -0.710. The molecule has 0 radical (unpaired) electrons. The molecule has 0 aliphatic rings. The summed E-state index contributed by atoms with van der Waals surface area (Å²) in [6, 6.07) is 0. The van der Waals surface area contributed by atoms with Gasteiger partial charge in [-0.25, -0.2) is 4.79 Å². The van der Waals surface area contributed by atoms with Gasteiger partial charge in [0.2, 0.25) is 0 Å². The molecule has 0 saturated carbocycles. The summed E-state index contributed by atoms with van der Waals surface area (Å²) in [5.74, 6) is 16.7. The SMILES string of the molecule is CC#CC#CC#CC#CC(=O)O[C@H](COP(=O)([O-])[O-])OC(=O)CCCCCCCCCCCC.[Na+].[Na+]. The van der Waals surface area contributed by atoms with Crippen molar-refractivity contribution in [3.8, 4) is 47.4 Å². The third-order valence-corrected chi connectivity index (χ3v) is 4.67. The van der Waals surface area contributed by atoms with Crippen LogP contribution in [-0.2, 0) is 28.2 Å². The zero-order valence-electron chi connectivity index (χ0n) is 21.8. The zero-order valence-corrected chi connectivity index (χ0v) is 26.7. The van der Waals surface area contributed by atoms with Crippen molar-refractivity contribution in [3.05, 3.63) is 0 Å². The predicted octanol–water partition coefficient (Wildman–Crippen LogP) is -3.40. The quantitative estimate of drug-likeness (QED) is 0.0380. The smallest absolute Gasteiger partial charge is 0.790 e. The number of carbonyl (C=O) groups excluding carboxylic acids is 2. The first-order valence-electron chi connectivity index (χ1n) is 11.3. The van der Waals surface area contributed by atoms with Gasteiger partial charge in [0, 0.05) is 12.3 Å². The molecule has 0 spiro atoms. The van der Waals surface area contributed by atoms with Crippen molar-refractivity contribution < 1.29 is 97.1 Å². The normalized spacial score (nSPS) is 10.0. The van der Waals surface area contributed by atoms with Crippen LogP contribution in [0.4, 0.5) is 0 Å². The summed E-state index contributed by atoms with van der Waals surface area (Å²) in [5, 5.41) is 0. The molecule has 0 bridgehead atoms. The molecule has 0 aromatic rings. The molecule has 0 heterocycles. The standard InChI is InChI=1S/C25H33O8P.2Na/c1-3-5-7-9-11-12-13-15-17-19-21-24(27)33-25(22-31-34(28,29)30)32-23(26)20-18-16-14-10-8-6-4-2;;/h25H,3,5,7,9,11-13,15,17,19,21-22H2,1-2H3,(H2,28,29,30);;/q;2*+1/p-2/t25-;;/m0../s1. The number of unbranched alkanes of at least 4 members (excludes halogenated alkanes) is 9. The molecule has 186 valence electrons. The molecule has 0 saturated heterocycles. The van der Waals surface area contributed by atoms with Crippen molar-refractivity contribution in [1.82, 2.24) is 0 Å². The van der Waals surface area contributed by atoms with Crippen LogP contribution in [0.2, 0.25) is 0 Å². The Morgan fingerprint density at radius 1 is 0.778 bits per heavy atom. The molecule has 1 atom stereocenters. The maximum absolute atomic E-state index is 12.0. The number of hydrogen-bond donors (Lipinski definition) is 0. The van der Waals surface area contributed by atoms with Crippen LogP contribution in [-0.4, -0.2) is 24.8 Å². The predicted molar refractivity (Wildman–Crippen MR) is 123 cm³/mol. The summed E-state index contributed by atoms with van der Waals surface area (Å²) < 4.78 is 24.4. The van der Waals surface area contributed by atoms with Crippen molar-refractivity contribution in [2.24, 2.45) is 0 Å². The number of esters is 2. The van der Waals surface area contributed by atoms with Crippen LogP contribution in [0, 0.1) is 47.4 Å². The van der Waals surface area contributed by atoms with Gasteiger partial charge in [0.25, 0.3) is 6.29 Å². The Balaban J connectivity index is -0.00000544. The third-order valence-electron chi connectivity index (χ3n) is 4.21. The van der Waals surface area contributed by atoms with Gasteiger partial charge in [0.05, 0.1) is 7.82 Å². The van der Waals surface area contributed by atoms with E-state index in [4.69, 9.17) is 9.47 Å². The molecule has 11 heteroatoms. The minimum Gasteiger partial charge on any atom is -0.790 e. The van der Waals surface area contributed by atoms with E-state index in [1.807, 2.05) is 5.92 Å². The molecule has 0 aliphatic heterocycles. The number of carbonyl (C=O) groups is 2. The van der Waals surface area contributed by atoms with E-state index in [1.165, 1.54) is 38.5 Å². The first-order chi connectivity index (χ1) is 16.3. The first-order valence-corrected chi connectivity index (χ1v) is 12.7. The van der Waals surface area contributed by atoms with Crippen LogP contribution in [0.3, 0.4) is 0 Å². The van der Waals surface area contributed by atoms with Crippen molar-refractivity contribution in [1.29, 1.82) is 0 Å². The maximum Gasteiger partial charge on any atom is 1.00 e. The van der Waals surface area contributed by atoms with E-state index in [2.05, 4.69) is 52.9 Å². The van der Waals surface area contributed by atoms with Crippen molar-refractivity contribution >= 4 is 19.8 Å². The van der Waals surface area contributed by atoms with Gasteiger partial charge in [0.15, 0.2) is 0 Å².